The zero-order chi connectivity index (χ0) is 21.5. The molecular weight excluding hydrogens is 412 g/mol. The lowest BCUT2D eigenvalue weighted by atomic mass is 9.97. The Bertz CT molecular complexity index is 1140. The van der Waals surface area contributed by atoms with Crippen molar-refractivity contribution in [2.45, 2.75) is 32.0 Å². The summed E-state index contributed by atoms with van der Waals surface area (Å²) in [5, 5.41) is 11.3. The summed E-state index contributed by atoms with van der Waals surface area (Å²) in [4.78, 5) is 34.2. The second kappa shape index (κ2) is 7.83. The highest BCUT2D eigenvalue weighted by molar-refractivity contribution is 7.16. The first-order chi connectivity index (χ1) is 15.1. The maximum Gasteiger partial charge on any atom is 0.345 e. The third-order valence-electron chi connectivity index (χ3n) is 5.91. The minimum absolute atomic E-state index is 0.250. The van der Waals surface area contributed by atoms with Gasteiger partial charge in [-0.1, -0.05) is 61.5 Å². The van der Waals surface area contributed by atoms with Crippen molar-refractivity contribution in [2.24, 2.45) is 0 Å². The van der Waals surface area contributed by atoms with E-state index in [9.17, 15) is 14.7 Å². The summed E-state index contributed by atoms with van der Waals surface area (Å²) in [7, 11) is 0. The molecule has 5 rings (SSSR count). The van der Waals surface area contributed by atoms with Gasteiger partial charge in [0.05, 0.1) is 6.54 Å². The molecule has 3 aromatic rings. The molecule has 6 nitrogen and oxygen atoms in total. The first-order valence-electron chi connectivity index (χ1n) is 10.3. The molecule has 158 valence electrons. The van der Waals surface area contributed by atoms with Gasteiger partial charge in [-0.05, 0) is 34.7 Å². The molecular formula is C24H22N2O4S. The molecule has 1 unspecified atom stereocenters. The van der Waals surface area contributed by atoms with Crippen LogP contribution < -0.4 is 0 Å². The highest BCUT2D eigenvalue weighted by Gasteiger charge is 2.52. The van der Waals surface area contributed by atoms with Crippen LogP contribution in [0.15, 0.2) is 60.7 Å². The van der Waals surface area contributed by atoms with Crippen LogP contribution in [0.1, 0.15) is 40.6 Å². The first-order valence-corrected chi connectivity index (χ1v) is 11.1. The summed E-state index contributed by atoms with van der Waals surface area (Å²) >= 11 is 1.46. The van der Waals surface area contributed by atoms with Gasteiger partial charge in [0.1, 0.15) is 12.6 Å². The molecule has 1 fully saturated rings. The number of benzene rings is 2. The average Bonchev–Trinajstić information content (AvgIpc) is 3.34. The molecule has 0 spiro atoms. The molecule has 0 aliphatic carbocycles. The van der Waals surface area contributed by atoms with Crippen LogP contribution in [-0.2, 0) is 22.7 Å². The highest BCUT2D eigenvalue weighted by Crippen LogP contribution is 2.49. The molecule has 3 heterocycles. The Labute approximate surface area is 184 Å². The molecule has 7 heteroatoms. The predicted octanol–water partition coefficient (Wildman–Crippen LogP) is 5.03. The maximum atomic E-state index is 13.0. The topological polar surface area (TPSA) is 70.1 Å². The van der Waals surface area contributed by atoms with E-state index in [4.69, 9.17) is 4.84 Å². The number of carbonyl (C=O) groups is 2. The number of nitrogens with zero attached hydrogens (tertiary/aromatic N) is 2. The largest absolute Gasteiger partial charge is 0.479 e. The molecule has 0 radical (unpaired) electrons. The van der Waals surface area contributed by atoms with Gasteiger partial charge in [-0.15, -0.1) is 11.3 Å². The van der Waals surface area contributed by atoms with Crippen LogP contribution in [0.4, 0.5) is 4.79 Å². The highest BCUT2D eigenvalue weighted by atomic mass is 32.1. The Kier molecular flexibility index (Phi) is 5.00. The van der Waals surface area contributed by atoms with E-state index < -0.39 is 18.0 Å². The second-order valence-electron chi connectivity index (χ2n) is 7.72. The molecule has 1 aromatic heterocycles. The lowest BCUT2D eigenvalue weighted by molar-refractivity contribution is -0.143. The Morgan fingerprint density at radius 2 is 1.90 bits per heavy atom. The lowest BCUT2D eigenvalue weighted by Gasteiger charge is -2.27. The van der Waals surface area contributed by atoms with Crippen LogP contribution in [0.3, 0.4) is 0 Å². The molecule has 2 amide bonds. The van der Waals surface area contributed by atoms with Crippen LogP contribution in [0.5, 0.6) is 0 Å². The van der Waals surface area contributed by atoms with E-state index in [1.807, 2.05) is 48.5 Å². The summed E-state index contributed by atoms with van der Waals surface area (Å²) in [6.07, 6.45) is 0.890. The van der Waals surface area contributed by atoms with Gasteiger partial charge in [0.2, 0.25) is 0 Å². The minimum atomic E-state index is -1.02. The van der Waals surface area contributed by atoms with E-state index in [-0.39, 0.29) is 12.6 Å². The monoisotopic (exact) mass is 434 g/mol. The SMILES string of the molecule is CCc1ccccc1-c1cc2c(s1)C(C(=O)O)N1C[C@H]2N(OCc2ccccc2)C1=O. The second-order valence-corrected chi connectivity index (χ2v) is 8.80. The van der Waals surface area contributed by atoms with Crippen LogP contribution in [-0.4, -0.2) is 33.6 Å². The quantitative estimate of drug-likeness (QED) is 0.591. The van der Waals surface area contributed by atoms with Crippen molar-refractivity contribution in [3.05, 3.63) is 82.2 Å². The van der Waals surface area contributed by atoms with Crippen LogP contribution >= 0.6 is 11.3 Å². The zero-order valence-corrected chi connectivity index (χ0v) is 17.8. The summed E-state index contributed by atoms with van der Waals surface area (Å²) in [5.41, 5.74) is 4.15. The number of thiophene rings is 1. The zero-order valence-electron chi connectivity index (χ0n) is 17.0. The van der Waals surface area contributed by atoms with Gasteiger partial charge in [-0.25, -0.2) is 9.59 Å². The Hall–Kier alpha value is -3.16. The van der Waals surface area contributed by atoms with E-state index in [2.05, 4.69) is 19.1 Å². The number of aliphatic carboxylic acids is 1. The Morgan fingerprint density at radius 3 is 2.65 bits per heavy atom. The molecule has 2 aliphatic heterocycles. The summed E-state index contributed by atoms with van der Waals surface area (Å²) in [6, 6.07) is 18.1. The molecule has 0 saturated carbocycles. The molecule has 2 atom stereocenters. The third kappa shape index (κ3) is 3.30. The molecule has 2 aromatic carbocycles. The van der Waals surface area contributed by atoms with E-state index in [0.717, 1.165) is 28.0 Å². The lowest BCUT2D eigenvalue weighted by Crippen LogP contribution is -2.37. The van der Waals surface area contributed by atoms with Crippen molar-refractivity contribution in [1.29, 1.82) is 0 Å². The van der Waals surface area contributed by atoms with E-state index in [1.165, 1.54) is 26.9 Å². The van der Waals surface area contributed by atoms with E-state index in [0.29, 0.717) is 11.4 Å². The first kappa shape index (κ1) is 19.8. The smallest absolute Gasteiger partial charge is 0.345 e. The number of fused-ring (bicyclic) bond motifs is 4. The standard InChI is InChI=1S/C24H22N2O4S/c1-2-16-10-6-7-11-17(16)20-12-18-19-13-25(21(23(27)28)22(18)31-20)24(29)26(19)30-14-15-8-4-3-5-9-15/h3-12,19,21H,2,13-14H2,1H3,(H,27,28)/t19-,21?/m1/s1. The molecule has 2 bridgehead atoms. The van der Waals surface area contributed by atoms with Gasteiger partial charge in [-0.2, -0.15) is 5.06 Å². The average molecular weight is 435 g/mol. The fourth-order valence-electron chi connectivity index (χ4n) is 4.38. The fraction of sp³-hybridized carbons (Fsp3) is 0.250. The number of carbonyl (C=O) groups excluding carboxylic acids is 1. The summed E-state index contributed by atoms with van der Waals surface area (Å²) in [6.45, 7) is 2.67. The van der Waals surface area contributed by atoms with Gasteiger partial charge in [-0.3, -0.25) is 4.84 Å². The van der Waals surface area contributed by atoms with Crippen molar-refractivity contribution in [3.63, 3.8) is 0 Å². The fourth-order valence-corrected chi connectivity index (χ4v) is 5.77. The number of hydroxylamine groups is 2. The number of hydrogen-bond donors (Lipinski definition) is 1. The maximum absolute atomic E-state index is 13.0. The van der Waals surface area contributed by atoms with Gasteiger partial charge in [0, 0.05) is 9.75 Å². The van der Waals surface area contributed by atoms with Crippen LogP contribution in [0, 0.1) is 0 Å². The molecule has 1 saturated heterocycles. The Balaban J connectivity index is 1.53. The Morgan fingerprint density at radius 1 is 1.16 bits per heavy atom. The number of urea groups is 1. The van der Waals surface area contributed by atoms with Gasteiger partial charge in [0.15, 0.2) is 6.04 Å². The summed E-state index contributed by atoms with van der Waals surface area (Å²) in [5.74, 6) is -1.02. The number of hydrogen-bond acceptors (Lipinski definition) is 4. The molecule has 2 aliphatic rings. The van der Waals surface area contributed by atoms with Crippen LogP contribution in [0.25, 0.3) is 10.4 Å². The number of rotatable bonds is 6. The molecule has 1 N–H and O–H groups in total. The van der Waals surface area contributed by atoms with Crippen molar-refractivity contribution >= 4 is 23.3 Å². The number of carboxylic acid groups (broad SMARTS) is 1. The van der Waals surface area contributed by atoms with E-state index >= 15 is 0 Å². The number of carboxylic acids is 1. The number of amides is 2. The van der Waals surface area contributed by atoms with Crippen LogP contribution in [0.2, 0.25) is 0 Å². The normalized spacial score (nSPS) is 19.6. The van der Waals surface area contributed by atoms with Crippen molar-refractivity contribution in [2.75, 3.05) is 6.54 Å². The van der Waals surface area contributed by atoms with Gasteiger partial charge >= 0.3 is 12.0 Å². The van der Waals surface area contributed by atoms with Crippen molar-refractivity contribution in [3.8, 4) is 10.4 Å². The van der Waals surface area contributed by atoms with E-state index in [1.54, 1.807) is 0 Å². The van der Waals surface area contributed by atoms with Gasteiger partial charge < -0.3 is 10.0 Å². The van der Waals surface area contributed by atoms with Gasteiger partial charge in [0.25, 0.3) is 0 Å². The van der Waals surface area contributed by atoms with Crippen molar-refractivity contribution in [1.82, 2.24) is 9.96 Å². The van der Waals surface area contributed by atoms with Crippen molar-refractivity contribution < 1.29 is 19.5 Å². The third-order valence-corrected chi connectivity index (χ3v) is 7.14. The molecule has 31 heavy (non-hydrogen) atoms. The summed E-state index contributed by atoms with van der Waals surface area (Å²) < 4.78 is 0. The predicted molar refractivity (Wildman–Crippen MR) is 117 cm³/mol. The number of aryl methyl sites for hydroxylation is 1. The minimum Gasteiger partial charge on any atom is -0.479 e.